The third-order valence-corrected chi connectivity index (χ3v) is 3.28. The molecule has 0 aromatic heterocycles. The molecule has 21 heavy (non-hydrogen) atoms. The number of benzene rings is 1. The van der Waals surface area contributed by atoms with Crippen LogP contribution >= 0.6 is 0 Å². The number of carbonyl (C=O) groups is 1. The molecule has 0 bridgehead atoms. The molecule has 0 aliphatic carbocycles. The molecular weight excluding hydrogens is 264 g/mol. The van der Waals surface area contributed by atoms with Crippen molar-refractivity contribution in [3.63, 3.8) is 0 Å². The SMILES string of the molecule is CCN(CC(=O)Nc1cccc(C#N)c1)C(C)CN(C)C. The fraction of sp³-hybridized carbons (Fsp3) is 0.500. The zero-order valence-electron chi connectivity index (χ0n) is 13.3. The van der Waals surface area contributed by atoms with E-state index in [2.05, 4.69) is 35.0 Å². The molecule has 1 N–H and O–H groups in total. The first kappa shape index (κ1) is 17.2. The van der Waals surface area contributed by atoms with Gasteiger partial charge in [0.25, 0.3) is 0 Å². The van der Waals surface area contributed by atoms with E-state index in [1.807, 2.05) is 14.1 Å². The number of nitrogens with zero attached hydrogens (tertiary/aromatic N) is 3. The zero-order chi connectivity index (χ0) is 15.8. The summed E-state index contributed by atoms with van der Waals surface area (Å²) in [5, 5.41) is 11.7. The maximum atomic E-state index is 12.1. The molecule has 0 saturated carbocycles. The molecule has 1 aromatic rings. The number of amides is 1. The fourth-order valence-electron chi connectivity index (χ4n) is 2.27. The van der Waals surface area contributed by atoms with Gasteiger partial charge in [0.2, 0.25) is 5.91 Å². The molecule has 0 spiro atoms. The Morgan fingerprint density at radius 2 is 2.14 bits per heavy atom. The minimum atomic E-state index is -0.0578. The molecule has 0 heterocycles. The lowest BCUT2D eigenvalue weighted by atomic mass is 10.2. The van der Waals surface area contributed by atoms with Gasteiger partial charge in [-0.15, -0.1) is 0 Å². The Bertz CT molecular complexity index is 507. The highest BCUT2D eigenvalue weighted by molar-refractivity contribution is 5.92. The van der Waals surface area contributed by atoms with Gasteiger partial charge in [-0.3, -0.25) is 9.69 Å². The number of likely N-dealkylation sites (N-methyl/N-ethyl adjacent to an activating group) is 2. The summed E-state index contributed by atoms with van der Waals surface area (Å²) in [4.78, 5) is 16.4. The van der Waals surface area contributed by atoms with Crippen molar-refractivity contribution in [1.82, 2.24) is 9.80 Å². The summed E-state index contributed by atoms with van der Waals surface area (Å²) < 4.78 is 0. The minimum Gasteiger partial charge on any atom is -0.325 e. The molecule has 1 unspecified atom stereocenters. The highest BCUT2D eigenvalue weighted by Gasteiger charge is 2.16. The maximum absolute atomic E-state index is 12.1. The van der Waals surface area contributed by atoms with Gasteiger partial charge in [0.1, 0.15) is 0 Å². The predicted molar refractivity (Wildman–Crippen MR) is 85.0 cm³/mol. The van der Waals surface area contributed by atoms with E-state index in [0.717, 1.165) is 13.1 Å². The van der Waals surface area contributed by atoms with Crippen LogP contribution in [0.5, 0.6) is 0 Å². The first-order chi connectivity index (χ1) is 9.96. The van der Waals surface area contributed by atoms with Crippen LogP contribution in [0.4, 0.5) is 5.69 Å². The van der Waals surface area contributed by atoms with Crippen LogP contribution in [0.15, 0.2) is 24.3 Å². The number of carbonyl (C=O) groups excluding carboxylic acids is 1. The zero-order valence-corrected chi connectivity index (χ0v) is 13.3. The van der Waals surface area contributed by atoms with E-state index in [-0.39, 0.29) is 5.91 Å². The molecule has 5 heteroatoms. The Hall–Kier alpha value is -1.90. The molecule has 5 nitrogen and oxygen atoms in total. The molecule has 0 fully saturated rings. The van der Waals surface area contributed by atoms with Gasteiger partial charge in [-0.25, -0.2) is 0 Å². The monoisotopic (exact) mass is 288 g/mol. The second kappa shape index (κ2) is 8.40. The van der Waals surface area contributed by atoms with Crippen molar-refractivity contribution in [3.05, 3.63) is 29.8 Å². The highest BCUT2D eigenvalue weighted by atomic mass is 16.2. The summed E-state index contributed by atoms with van der Waals surface area (Å²) in [6, 6.07) is 9.32. The summed E-state index contributed by atoms with van der Waals surface area (Å²) in [6.45, 7) is 6.25. The molecule has 1 atom stereocenters. The minimum absolute atomic E-state index is 0.0578. The van der Waals surface area contributed by atoms with E-state index < -0.39 is 0 Å². The topological polar surface area (TPSA) is 59.4 Å². The summed E-state index contributed by atoms with van der Waals surface area (Å²) in [5.74, 6) is -0.0578. The van der Waals surface area contributed by atoms with E-state index in [1.165, 1.54) is 0 Å². The van der Waals surface area contributed by atoms with Crippen molar-refractivity contribution in [2.24, 2.45) is 0 Å². The van der Waals surface area contributed by atoms with Crippen LogP contribution in [0, 0.1) is 11.3 Å². The van der Waals surface area contributed by atoms with Gasteiger partial charge < -0.3 is 10.2 Å². The van der Waals surface area contributed by atoms with Crippen LogP contribution in [-0.4, -0.2) is 55.5 Å². The van der Waals surface area contributed by atoms with Crippen molar-refractivity contribution in [3.8, 4) is 6.07 Å². The van der Waals surface area contributed by atoms with Gasteiger partial charge in [0.15, 0.2) is 0 Å². The Morgan fingerprint density at radius 1 is 1.43 bits per heavy atom. The first-order valence-electron chi connectivity index (χ1n) is 7.15. The van der Waals surface area contributed by atoms with Gasteiger partial charge in [-0.1, -0.05) is 13.0 Å². The quantitative estimate of drug-likeness (QED) is 0.830. The molecule has 0 radical (unpaired) electrons. The average molecular weight is 288 g/mol. The van der Waals surface area contributed by atoms with Crippen LogP contribution in [-0.2, 0) is 4.79 Å². The number of hydrogen-bond donors (Lipinski definition) is 1. The second-order valence-corrected chi connectivity index (χ2v) is 5.42. The summed E-state index contributed by atoms with van der Waals surface area (Å²) >= 11 is 0. The van der Waals surface area contributed by atoms with Crippen molar-refractivity contribution in [2.75, 3.05) is 39.0 Å². The Kier molecular flexibility index (Phi) is 6.86. The molecule has 0 aliphatic heterocycles. The number of hydrogen-bond acceptors (Lipinski definition) is 4. The number of anilines is 1. The standard InChI is InChI=1S/C16H24N4O/c1-5-20(13(2)11-19(3)4)12-16(21)18-15-8-6-7-14(9-15)10-17/h6-9,13H,5,11-12H2,1-4H3,(H,18,21). The van der Waals surface area contributed by atoms with Gasteiger partial charge in [0.05, 0.1) is 18.2 Å². The van der Waals surface area contributed by atoms with Crippen molar-refractivity contribution >= 4 is 11.6 Å². The number of nitriles is 1. The number of nitrogens with one attached hydrogen (secondary N) is 1. The van der Waals surface area contributed by atoms with Crippen molar-refractivity contribution in [1.29, 1.82) is 5.26 Å². The van der Waals surface area contributed by atoms with E-state index >= 15 is 0 Å². The van der Waals surface area contributed by atoms with Crippen molar-refractivity contribution < 1.29 is 4.79 Å². The Balaban J connectivity index is 2.60. The smallest absolute Gasteiger partial charge is 0.238 e. The average Bonchev–Trinajstić information content (AvgIpc) is 2.44. The molecular formula is C16H24N4O. The lowest BCUT2D eigenvalue weighted by Crippen LogP contribution is -2.43. The van der Waals surface area contributed by atoms with E-state index in [9.17, 15) is 4.79 Å². The first-order valence-corrected chi connectivity index (χ1v) is 7.15. The highest BCUT2D eigenvalue weighted by Crippen LogP contribution is 2.10. The van der Waals surface area contributed by atoms with Gasteiger partial charge >= 0.3 is 0 Å². The predicted octanol–water partition coefficient (Wildman–Crippen LogP) is 1.77. The Morgan fingerprint density at radius 3 is 2.71 bits per heavy atom. The summed E-state index contributed by atoms with van der Waals surface area (Å²) in [7, 11) is 4.05. The maximum Gasteiger partial charge on any atom is 0.238 e. The van der Waals surface area contributed by atoms with E-state index in [0.29, 0.717) is 23.8 Å². The lowest BCUT2D eigenvalue weighted by molar-refractivity contribution is -0.117. The second-order valence-electron chi connectivity index (χ2n) is 5.42. The summed E-state index contributed by atoms with van der Waals surface area (Å²) in [5.41, 5.74) is 1.21. The molecule has 0 aliphatic rings. The van der Waals surface area contributed by atoms with Crippen LogP contribution in [0.2, 0.25) is 0 Å². The largest absolute Gasteiger partial charge is 0.325 e. The molecule has 0 saturated heterocycles. The molecule has 1 rings (SSSR count). The van der Waals surface area contributed by atoms with Crippen LogP contribution in [0.3, 0.4) is 0 Å². The summed E-state index contributed by atoms with van der Waals surface area (Å²) in [6.07, 6.45) is 0. The number of rotatable bonds is 7. The normalized spacial score (nSPS) is 12.2. The van der Waals surface area contributed by atoms with Crippen LogP contribution in [0.1, 0.15) is 19.4 Å². The lowest BCUT2D eigenvalue weighted by Gasteiger charge is -2.29. The van der Waals surface area contributed by atoms with E-state index in [4.69, 9.17) is 5.26 Å². The van der Waals surface area contributed by atoms with Gasteiger partial charge in [-0.05, 0) is 45.8 Å². The fourth-order valence-corrected chi connectivity index (χ4v) is 2.27. The van der Waals surface area contributed by atoms with Crippen molar-refractivity contribution in [2.45, 2.75) is 19.9 Å². The molecule has 114 valence electrons. The third-order valence-electron chi connectivity index (χ3n) is 3.28. The van der Waals surface area contributed by atoms with Crippen LogP contribution < -0.4 is 5.32 Å². The van der Waals surface area contributed by atoms with E-state index in [1.54, 1.807) is 24.3 Å². The van der Waals surface area contributed by atoms with Gasteiger partial charge in [0, 0.05) is 18.3 Å². The molecule has 1 aromatic carbocycles. The van der Waals surface area contributed by atoms with Crippen LogP contribution in [0.25, 0.3) is 0 Å². The Labute approximate surface area is 127 Å². The van der Waals surface area contributed by atoms with Gasteiger partial charge in [-0.2, -0.15) is 5.26 Å². The molecule has 1 amide bonds. The third kappa shape index (κ3) is 5.94.